The second kappa shape index (κ2) is 2.12. The van der Waals surface area contributed by atoms with Gasteiger partial charge in [0.15, 0.2) is 0 Å². The maximum absolute atomic E-state index is 11.5. The van der Waals surface area contributed by atoms with Crippen molar-refractivity contribution in [1.29, 1.82) is 0 Å². The summed E-state index contributed by atoms with van der Waals surface area (Å²) in [4.78, 5) is 11.5. The van der Waals surface area contributed by atoms with Crippen LogP contribution >= 0.6 is 0 Å². The van der Waals surface area contributed by atoms with Gasteiger partial charge in [-0.15, -0.1) is 0 Å². The minimum Gasteiger partial charge on any atom is -0.299 e. The number of Topliss-reactive ketones (excluding diaryl/α,β-unsaturated/α-hetero) is 1. The normalized spacial score (nSPS) is 51.4. The highest BCUT2D eigenvalue weighted by Gasteiger charge is 2.70. The molecule has 0 saturated heterocycles. The van der Waals surface area contributed by atoms with Crippen molar-refractivity contribution in [2.24, 2.45) is 29.1 Å². The molecule has 0 aromatic heterocycles. The van der Waals surface area contributed by atoms with Crippen molar-refractivity contribution >= 4 is 5.78 Å². The Morgan fingerprint density at radius 1 is 1.42 bits per heavy atom. The van der Waals surface area contributed by atoms with Crippen LogP contribution in [-0.2, 0) is 4.79 Å². The Balaban J connectivity index is 2.26. The quantitative estimate of drug-likeness (QED) is 0.585. The molecule has 0 aromatic rings. The van der Waals surface area contributed by atoms with Gasteiger partial charge in [-0.05, 0) is 23.2 Å². The molecule has 1 unspecified atom stereocenters. The molecule has 0 N–H and O–H groups in total. The maximum Gasteiger partial charge on any atom is 0.136 e. The number of carbonyl (C=O) groups excluding carboxylic acids is 1. The topological polar surface area (TPSA) is 17.1 Å². The van der Waals surface area contributed by atoms with Crippen LogP contribution in [0.2, 0.25) is 0 Å². The van der Waals surface area contributed by atoms with E-state index >= 15 is 0 Å². The van der Waals surface area contributed by atoms with Crippen molar-refractivity contribution in [2.75, 3.05) is 0 Å². The summed E-state index contributed by atoms with van der Waals surface area (Å²) in [5.41, 5.74) is 0.413. The van der Waals surface area contributed by atoms with Gasteiger partial charge in [0.25, 0.3) is 0 Å². The SMILES string of the molecule is CC(C)[C@]12CC(=O)[C@H](C)[C@H]1C2C. The Bertz CT molecular complexity index is 231. The van der Waals surface area contributed by atoms with Crippen LogP contribution < -0.4 is 0 Å². The van der Waals surface area contributed by atoms with Crippen LogP contribution in [0, 0.1) is 29.1 Å². The Labute approximate surface area is 74.5 Å². The van der Waals surface area contributed by atoms with Crippen LogP contribution in [0.1, 0.15) is 34.1 Å². The third-order valence-corrected chi connectivity index (χ3v) is 4.50. The fourth-order valence-corrected chi connectivity index (χ4v) is 3.65. The minimum absolute atomic E-state index is 0.349. The molecule has 1 nitrogen and oxygen atoms in total. The van der Waals surface area contributed by atoms with Crippen LogP contribution in [0.25, 0.3) is 0 Å². The largest absolute Gasteiger partial charge is 0.299 e. The zero-order valence-electron chi connectivity index (χ0n) is 8.42. The van der Waals surface area contributed by atoms with E-state index in [0.717, 1.165) is 12.3 Å². The molecule has 0 heterocycles. The predicted octanol–water partition coefficient (Wildman–Crippen LogP) is 2.50. The molecule has 68 valence electrons. The zero-order valence-corrected chi connectivity index (χ0v) is 8.42. The summed E-state index contributed by atoms with van der Waals surface area (Å²) in [5.74, 6) is 3.05. The molecule has 0 aromatic carbocycles. The van der Waals surface area contributed by atoms with Crippen LogP contribution in [-0.4, -0.2) is 5.78 Å². The monoisotopic (exact) mass is 166 g/mol. The van der Waals surface area contributed by atoms with E-state index in [1.165, 1.54) is 0 Å². The van der Waals surface area contributed by atoms with E-state index in [2.05, 4.69) is 27.7 Å². The van der Waals surface area contributed by atoms with Crippen molar-refractivity contribution in [3.05, 3.63) is 0 Å². The number of rotatable bonds is 1. The Hall–Kier alpha value is -0.330. The number of hydrogen-bond donors (Lipinski definition) is 0. The molecule has 2 saturated carbocycles. The first kappa shape index (κ1) is 8.28. The number of hydrogen-bond acceptors (Lipinski definition) is 1. The predicted molar refractivity (Wildman–Crippen MR) is 48.7 cm³/mol. The van der Waals surface area contributed by atoms with Crippen molar-refractivity contribution in [3.8, 4) is 0 Å². The molecule has 0 bridgehead atoms. The van der Waals surface area contributed by atoms with Gasteiger partial charge in [0.2, 0.25) is 0 Å². The number of carbonyl (C=O) groups is 1. The molecule has 2 fully saturated rings. The van der Waals surface area contributed by atoms with E-state index < -0.39 is 0 Å². The molecule has 0 radical (unpaired) electrons. The van der Waals surface area contributed by atoms with Crippen LogP contribution in [0.3, 0.4) is 0 Å². The lowest BCUT2D eigenvalue weighted by Crippen LogP contribution is -2.14. The van der Waals surface area contributed by atoms with Gasteiger partial charge in [-0.25, -0.2) is 0 Å². The Morgan fingerprint density at radius 2 is 2.00 bits per heavy atom. The van der Waals surface area contributed by atoms with E-state index in [9.17, 15) is 4.79 Å². The molecule has 12 heavy (non-hydrogen) atoms. The summed E-state index contributed by atoms with van der Waals surface area (Å²) in [6, 6.07) is 0. The van der Waals surface area contributed by atoms with E-state index in [4.69, 9.17) is 0 Å². The maximum atomic E-state index is 11.5. The summed E-state index contributed by atoms with van der Waals surface area (Å²) in [6.07, 6.45) is 0.859. The summed E-state index contributed by atoms with van der Waals surface area (Å²) in [5, 5.41) is 0. The molecule has 2 rings (SSSR count). The fraction of sp³-hybridized carbons (Fsp3) is 0.909. The van der Waals surface area contributed by atoms with Gasteiger partial charge in [0, 0.05) is 12.3 Å². The molecule has 2 aliphatic carbocycles. The summed E-state index contributed by atoms with van der Waals surface area (Å²) in [7, 11) is 0. The first-order chi connectivity index (χ1) is 5.51. The van der Waals surface area contributed by atoms with Gasteiger partial charge in [-0.2, -0.15) is 0 Å². The van der Waals surface area contributed by atoms with E-state index in [1.54, 1.807) is 0 Å². The van der Waals surface area contributed by atoms with Crippen molar-refractivity contribution in [2.45, 2.75) is 34.1 Å². The first-order valence-corrected chi connectivity index (χ1v) is 5.04. The molecular formula is C11H18O. The van der Waals surface area contributed by atoms with Crippen molar-refractivity contribution in [1.82, 2.24) is 0 Å². The average molecular weight is 166 g/mol. The summed E-state index contributed by atoms with van der Waals surface area (Å²) < 4.78 is 0. The smallest absolute Gasteiger partial charge is 0.136 e. The van der Waals surface area contributed by atoms with Gasteiger partial charge in [0.1, 0.15) is 5.78 Å². The molecule has 0 aliphatic heterocycles. The number of fused-ring (bicyclic) bond motifs is 1. The highest BCUT2D eigenvalue weighted by molar-refractivity contribution is 5.86. The molecule has 1 heteroatoms. The Kier molecular flexibility index (Phi) is 1.47. The first-order valence-electron chi connectivity index (χ1n) is 5.04. The highest BCUT2D eigenvalue weighted by atomic mass is 16.1. The summed E-state index contributed by atoms with van der Waals surface area (Å²) in [6.45, 7) is 8.96. The van der Waals surface area contributed by atoms with E-state index in [-0.39, 0.29) is 0 Å². The second-order valence-electron chi connectivity index (χ2n) is 5.01. The fourth-order valence-electron chi connectivity index (χ4n) is 3.65. The lowest BCUT2D eigenvalue weighted by molar-refractivity contribution is -0.122. The van der Waals surface area contributed by atoms with Crippen molar-refractivity contribution in [3.63, 3.8) is 0 Å². The molecule has 0 spiro atoms. The molecular weight excluding hydrogens is 148 g/mol. The zero-order chi connectivity index (χ0) is 9.09. The van der Waals surface area contributed by atoms with Crippen LogP contribution in [0.4, 0.5) is 0 Å². The van der Waals surface area contributed by atoms with Gasteiger partial charge in [-0.3, -0.25) is 4.79 Å². The second-order valence-corrected chi connectivity index (χ2v) is 5.01. The van der Waals surface area contributed by atoms with E-state index in [0.29, 0.717) is 29.0 Å². The van der Waals surface area contributed by atoms with E-state index in [1.807, 2.05) is 0 Å². The number of ketones is 1. The van der Waals surface area contributed by atoms with Gasteiger partial charge < -0.3 is 0 Å². The molecule has 2 aliphatic rings. The third-order valence-electron chi connectivity index (χ3n) is 4.50. The van der Waals surface area contributed by atoms with Crippen LogP contribution in [0.15, 0.2) is 0 Å². The summed E-state index contributed by atoms with van der Waals surface area (Å²) >= 11 is 0. The van der Waals surface area contributed by atoms with Gasteiger partial charge >= 0.3 is 0 Å². The highest BCUT2D eigenvalue weighted by Crippen LogP contribution is 2.72. The average Bonchev–Trinajstić information content (AvgIpc) is 2.44. The standard InChI is InChI=1S/C11H18O/c1-6(2)11-5-9(12)7(3)10(11)8(11)4/h6-8,10H,5H2,1-4H3/t7-,8?,10-,11-/m0/s1. The molecule has 0 amide bonds. The molecule has 4 atom stereocenters. The third kappa shape index (κ3) is 0.681. The minimum atomic E-state index is 0.349. The van der Waals surface area contributed by atoms with Gasteiger partial charge in [-0.1, -0.05) is 27.7 Å². The van der Waals surface area contributed by atoms with Crippen molar-refractivity contribution < 1.29 is 4.79 Å². The van der Waals surface area contributed by atoms with Gasteiger partial charge in [0.05, 0.1) is 0 Å². The Morgan fingerprint density at radius 3 is 2.33 bits per heavy atom. The lowest BCUT2D eigenvalue weighted by atomic mass is 9.87. The van der Waals surface area contributed by atoms with Crippen LogP contribution in [0.5, 0.6) is 0 Å². The lowest BCUT2D eigenvalue weighted by Gasteiger charge is -2.16.